The third-order valence-electron chi connectivity index (χ3n) is 3.47. The summed E-state index contributed by atoms with van der Waals surface area (Å²) in [6, 6.07) is 6.06. The van der Waals surface area contributed by atoms with Crippen LogP contribution in [0.4, 0.5) is 0 Å². The van der Waals surface area contributed by atoms with Crippen LogP contribution < -0.4 is 10.5 Å². The Bertz CT molecular complexity index is 799. The van der Waals surface area contributed by atoms with Crippen LogP contribution >= 0.6 is 0 Å². The number of carboxylic acid groups (broad SMARTS) is 1. The average Bonchev–Trinajstić information content (AvgIpc) is 2.89. The molecule has 24 heavy (non-hydrogen) atoms. The Balaban J connectivity index is 2.10. The molecule has 1 aromatic carbocycles. The highest BCUT2D eigenvalue weighted by Gasteiger charge is 2.14. The van der Waals surface area contributed by atoms with Crippen LogP contribution in [-0.4, -0.2) is 42.0 Å². The lowest BCUT2D eigenvalue weighted by atomic mass is 10.0. The van der Waals surface area contributed by atoms with Crippen LogP contribution in [0.1, 0.15) is 17.1 Å². The maximum absolute atomic E-state index is 11.3. The summed E-state index contributed by atoms with van der Waals surface area (Å²) in [5.41, 5.74) is 1.80. The number of aromatic amines is 1. The minimum absolute atomic E-state index is 0.0444. The van der Waals surface area contributed by atoms with Crippen molar-refractivity contribution in [2.24, 2.45) is 5.14 Å². The Morgan fingerprint density at radius 2 is 2.00 bits per heavy atom. The summed E-state index contributed by atoms with van der Waals surface area (Å²) in [6.45, 7) is 1.72. The number of sulfonamides is 1. The standard InChI is InChI=1S/C15H20N4O4S/c1-10-8-18-14(19-10)7-12(17-9-15(20)21)6-11-2-4-13(5-3-11)24(16,22)23/h2-5,8,12,17H,6-7,9H2,1H3,(H,18,19)(H,20,21)(H2,16,22,23). The van der Waals surface area contributed by atoms with Gasteiger partial charge in [-0.25, -0.2) is 18.5 Å². The molecule has 1 atom stereocenters. The number of carbonyl (C=O) groups is 1. The Kier molecular flexibility index (Phi) is 5.71. The van der Waals surface area contributed by atoms with Gasteiger partial charge in [-0.3, -0.25) is 4.79 Å². The first kappa shape index (κ1) is 18.1. The maximum atomic E-state index is 11.3. The van der Waals surface area contributed by atoms with Gasteiger partial charge in [0.15, 0.2) is 0 Å². The fourth-order valence-corrected chi connectivity index (χ4v) is 2.87. The number of nitrogens with two attached hydrogens (primary N) is 1. The molecule has 2 aromatic rings. The molecule has 0 saturated heterocycles. The molecule has 9 heteroatoms. The normalized spacial score (nSPS) is 12.9. The van der Waals surface area contributed by atoms with Crippen molar-refractivity contribution < 1.29 is 18.3 Å². The van der Waals surface area contributed by atoms with Crippen LogP contribution in [-0.2, 0) is 27.7 Å². The lowest BCUT2D eigenvalue weighted by molar-refractivity contribution is -0.136. The van der Waals surface area contributed by atoms with Crippen molar-refractivity contribution in [3.05, 3.63) is 47.5 Å². The molecule has 130 valence electrons. The quantitative estimate of drug-likeness (QED) is 0.535. The van der Waals surface area contributed by atoms with Gasteiger partial charge in [-0.2, -0.15) is 0 Å². The van der Waals surface area contributed by atoms with E-state index in [4.69, 9.17) is 10.2 Å². The molecular weight excluding hydrogens is 332 g/mol. The zero-order chi connectivity index (χ0) is 17.7. The number of nitrogens with one attached hydrogen (secondary N) is 2. The molecule has 0 aliphatic heterocycles. The first-order chi connectivity index (χ1) is 11.2. The van der Waals surface area contributed by atoms with Gasteiger partial charge in [0.1, 0.15) is 5.82 Å². The number of aliphatic carboxylic acids is 1. The zero-order valence-electron chi connectivity index (χ0n) is 13.2. The van der Waals surface area contributed by atoms with Crippen LogP contribution in [0.3, 0.4) is 0 Å². The predicted molar refractivity (Wildman–Crippen MR) is 88.0 cm³/mol. The third kappa shape index (κ3) is 5.44. The van der Waals surface area contributed by atoms with Crippen LogP contribution in [0.15, 0.2) is 35.4 Å². The van der Waals surface area contributed by atoms with Crippen molar-refractivity contribution in [3.63, 3.8) is 0 Å². The number of hydrogen-bond acceptors (Lipinski definition) is 5. The summed E-state index contributed by atoms with van der Waals surface area (Å²) in [7, 11) is -3.72. The molecule has 1 heterocycles. The molecule has 2 rings (SSSR count). The van der Waals surface area contributed by atoms with Crippen molar-refractivity contribution >= 4 is 16.0 Å². The fraction of sp³-hybridized carbons (Fsp3) is 0.333. The molecule has 0 bridgehead atoms. The molecule has 0 radical (unpaired) electrons. The summed E-state index contributed by atoms with van der Waals surface area (Å²) < 4.78 is 22.6. The largest absolute Gasteiger partial charge is 0.480 e. The Morgan fingerprint density at radius 3 is 2.50 bits per heavy atom. The molecular formula is C15H20N4O4S. The monoisotopic (exact) mass is 352 g/mol. The van der Waals surface area contributed by atoms with E-state index < -0.39 is 16.0 Å². The Hall–Kier alpha value is -2.23. The lowest BCUT2D eigenvalue weighted by Gasteiger charge is -2.17. The number of carboxylic acids is 1. The van der Waals surface area contributed by atoms with Gasteiger partial charge in [0.2, 0.25) is 10.0 Å². The highest BCUT2D eigenvalue weighted by molar-refractivity contribution is 7.89. The molecule has 1 unspecified atom stereocenters. The van der Waals surface area contributed by atoms with Gasteiger partial charge in [-0.15, -0.1) is 0 Å². The van der Waals surface area contributed by atoms with E-state index in [-0.39, 0.29) is 17.5 Å². The van der Waals surface area contributed by atoms with Crippen molar-refractivity contribution in [1.82, 2.24) is 15.3 Å². The number of rotatable bonds is 8. The van der Waals surface area contributed by atoms with E-state index in [2.05, 4.69) is 15.3 Å². The van der Waals surface area contributed by atoms with Gasteiger partial charge in [0.25, 0.3) is 0 Å². The van der Waals surface area contributed by atoms with Crippen molar-refractivity contribution in [1.29, 1.82) is 0 Å². The number of hydrogen-bond donors (Lipinski definition) is 4. The smallest absolute Gasteiger partial charge is 0.317 e. The van der Waals surface area contributed by atoms with Gasteiger partial charge < -0.3 is 15.4 Å². The molecule has 0 aliphatic carbocycles. The molecule has 0 amide bonds. The lowest BCUT2D eigenvalue weighted by Crippen LogP contribution is -2.37. The summed E-state index contributed by atoms with van der Waals surface area (Å²) in [6.07, 6.45) is 2.76. The van der Waals surface area contributed by atoms with Gasteiger partial charge in [-0.1, -0.05) is 12.1 Å². The number of benzene rings is 1. The zero-order valence-corrected chi connectivity index (χ0v) is 14.0. The topological polar surface area (TPSA) is 138 Å². The van der Waals surface area contributed by atoms with E-state index in [1.165, 1.54) is 12.1 Å². The van der Waals surface area contributed by atoms with Gasteiger partial charge >= 0.3 is 5.97 Å². The molecule has 0 spiro atoms. The average molecular weight is 352 g/mol. The van der Waals surface area contributed by atoms with Crippen LogP contribution in [0.25, 0.3) is 0 Å². The summed E-state index contributed by atoms with van der Waals surface area (Å²) in [4.78, 5) is 18.2. The van der Waals surface area contributed by atoms with Crippen molar-refractivity contribution in [2.45, 2.75) is 30.7 Å². The van der Waals surface area contributed by atoms with E-state index in [0.29, 0.717) is 12.8 Å². The molecule has 0 aliphatic rings. The fourth-order valence-electron chi connectivity index (χ4n) is 2.35. The van der Waals surface area contributed by atoms with E-state index in [9.17, 15) is 13.2 Å². The first-order valence-corrected chi connectivity index (χ1v) is 8.86. The number of aromatic nitrogens is 2. The van der Waals surface area contributed by atoms with E-state index in [1.54, 1.807) is 18.3 Å². The van der Waals surface area contributed by atoms with Crippen molar-refractivity contribution in [2.75, 3.05) is 6.54 Å². The summed E-state index contributed by atoms with van der Waals surface area (Å²) in [5, 5.41) is 16.9. The predicted octanol–water partition coefficient (Wildman–Crippen LogP) is 0.194. The second kappa shape index (κ2) is 7.56. The molecule has 0 saturated carbocycles. The second-order valence-corrected chi connectivity index (χ2v) is 7.14. The van der Waals surface area contributed by atoms with E-state index in [0.717, 1.165) is 17.1 Å². The van der Waals surface area contributed by atoms with E-state index >= 15 is 0 Å². The highest BCUT2D eigenvalue weighted by Crippen LogP contribution is 2.12. The van der Waals surface area contributed by atoms with Crippen molar-refractivity contribution in [3.8, 4) is 0 Å². The minimum atomic E-state index is -3.72. The number of imidazole rings is 1. The van der Waals surface area contributed by atoms with Gasteiger partial charge in [0, 0.05) is 24.4 Å². The SMILES string of the molecule is Cc1cnc(CC(Cc2ccc(S(N)(=O)=O)cc2)NCC(=O)O)[nH]1. The highest BCUT2D eigenvalue weighted by atomic mass is 32.2. The van der Waals surface area contributed by atoms with Crippen LogP contribution in [0.5, 0.6) is 0 Å². The number of aryl methyl sites for hydroxylation is 1. The van der Waals surface area contributed by atoms with E-state index in [1.807, 2.05) is 6.92 Å². The first-order valence-electron chi connectivity index (χ1n) is 7.31. The molecule has 8 nitrogen and oxygen atoms in total. The summed E-state index contributed by atoms with van der Waals surface area (Å²) >= 11 is 0. The second-order valence-electron chi connectivity index (χ2n) is 5.58. The Labute approximate surface area is 140 Å². The molecule has 5 N–H and O–H groups in total. The number of H-pyrrole nitrogens is 1. The minimum Gasteiger partial charge on any atom is -0.480 e. The number of primary sulfonamides is 1. The maximum Gasteiger partial charge on any atom is 0.317 e. The number of nitrogens with zero attached hydrogens (tertiary/aromatic N) is 1. The third-order valence-corrected chi connectivity index (χ3v) is 4.40. The van der Waals surface area contributed by atoms with Gasteiger partial charge in [0.05, 0.1) is 11.4 Å². The Morgan fingerprint density at radius 1 is 1.33 bits per heavy atom. The molecule has 1 aromatic heterocycles. The van der Waals surface area contributed by atoms with Crippen LogP contribution in [0, 0.1) is 6.92 Å². The van der Waals surface area contributed by atoms with Crippen LogP contribution in [0.2, 0.25) is 0 Å². The summed E-state index contributed by atoms with van der Waals surface area (Å²) in [5.74, 6) is -0.184. The molecule has 0 fully saturated rings. The van der Waals surface area contributed by atoms with Gasteiger partial charge in [-0.05, 0) is 31.0 Å².